The Balaban J connectivity index is 1.91. The summed E-state index contributed by atoms with van der Waals surface area (Å²) in [6, 6.07) is 0.457. The average Bonchev–Trinajstić information content (AvgIpc) is 2.82. The van der Waals surface area contributed by atoms with E-state index in [-0.39, 0.29) is 5.41 Å². The Morgan fingerprint density at radius 1 is 1.33 bits per heavy atom. The lowest BCUT2D eigenvalue weighted by Gasteiger charge is -2.14. The number of hydrogen-bond acceptors (Lipinski definition) is 5. The molecule has 0 saturated carbocycles. The van der Waals surface area contributed by atoms with Crippen molar-refractivity contribution in [1.82, 2.24) is 20.0 Å². The van der Waals surface area contributed by atoms with Gasteiger partial charge in [-0.15, -0.1) is 5.10 Å². The van der Waals surface area contributed by atoms with E-state index in [0.717, 1.165) is 12.0 Å². The minimum Gasteiger partial charge on any atom is -0.408 e. The van der Waals surface area contributed by atoms with E-state index in [2.05, 4.69) is 41.4 Å². The highest BCUT2D eigenvalue weighted by Gasteiger charge is 2.16. The molecule has 0 spiro atoms. The fourth-order valence-electron chi connectivity index (χ4n) is 1.59. The van der Waals surface area contributed by atoms with Crippen molar-refractivity contribution in [1.29, 1.82) is 0 Å². The molecule has 6 nitrogen and oxygen atoms in total. The van der Waals surface area contributed by atoms with Crippen LogP contribution >= 0.6 is 0 Å². The van der Waals surface area contributed by atoms with Crippen LogP contribution in [0.4, 0.5) is 6.01 Å². The normalized spacial score (nSPS) is 11.8. The molecule has 2 rings (SSSR count). The van der Waals surface area contributed by atoms with Crippen molar-refractivity contribution in [3.63, 3.8) is 0 Å². The van der Waals surface area contributed by atoms with Crippen LogP contribution in [0.5, 0.6) is 0 Å². The maximum absolute atomic E-state index is 5.53. The SMILES string of the molecule is Cn1cc(CNc2nnc(CC(C)(C)C)o2)cn1. The summed E-state index contributed by atoms with van der Waals surface area (Å²) in [5.74, 6) is 0.663. The summed E-state index contributed by atoms with van der Waals surface area (Å²) in [6.45, 7) is 7.05. The Morgan fingerprint density at radius 3 is 2.72 bits per heavy atom. The first kappa shape index (κ1) is 12.6. The number of hydrogen-bond donors (Lipinski definition) is 1. The van der Waals surface area contributed by atoms with Crippen molar-refractivity contribution < 1.29 is 4.42 Å². The highest BCUT2D eigenvalue weighted by molar-refractivity contribution is 5.20. The summed E-state index contributed by atoms with van der Waals surface area (Å²) in [4.78, 5) is 0. The number of aromatic nitrogens is 4. The molecule has 2 aromatic rings. The zero-order valence-electron chi connectivity index (χ0n) is 11.3. The van der Waals surface area contributed by atoms with Crippen LogP contribution in [0.25, 0.3) is 0 Å². The van der Waals surface area contributed by atoms with Crippen LogP contribution in [-0.4, -0.2) is 20.0 Å². The second-order valence-electron chi connectivity index (χ2n) is 5.61. The molecule has 0 aliphatic rings. The van der Waals surface area contributed by atoms with Gasteiger partial charge in [-0.3, -0.25) is 4.68 Å². The topological polar surface area (TPSA) is 68.8 Å². The molecule has 2 aromatic heterocycles. The molecular formula is C12H19N5O. The monoisotopic (exact) mass is 249 g/mol. The molecule has 0 aliphatic carbocycles. The first-order valence-electron chi connectivity index (χ1n) is 5.96. The molecule has 0 fully saturated rings. The van der Waals surface area contributed by atoms with Crippen LogP contribution in [0.1, 0.15) is 32.2 Å². The molecule has 0 bridgehead atoms. The van der Waals surface area contributed by atoms with Gasteiger partial charge in [0.25, 0.3) is 0 Å². The van der Waals surface area contributed by atoms with E-state index in [9.17, 15) is 0 Å². The Morgan fingerprint density at radius 2 is 2.11 bits per heavy atom. The smallest absolute Gasteiger partial charge is 0.315 e. The summed E-state index contributed by atoms with van der Waals surface area (Å²) in [7, 11) is 1.89. The van der Waals surface area contributed by atoms with Crippen LogP contribution < -0.4 is 5.32 Å². The predicted molar refractivity (Wildman–Crippen MR) is 68.0 cm³/mol. The molecule has 2 heterocycles. The van der Waals surface area contributed by atoms with Crippen LogP contribution in [-0.2, 0) is 20.0 Å². The molecule has 0 atom stereocenters. The maximum Gasteiger partial charge on any atom is 0.315 e. The summed E-state index contributed by atoms with van der Waals surface area (Å²) >= 11 is 0. The van der Waals surface area contributed by atoms with E-state index >= 15 is 0 Å². The molecular weight excluding hydrogens is 230 g/mol. The van der Waals surface area contributed by atoms with E-state index in [4.69, 9.17) is 4.42 Å². The summed E-state index contributed by atoms with van der Waals surface area (Å²) < 4.78 is 7.29. The van der Waals surface area contributed by atoms with Crippen molar-refractivity contribution in [2.75, 3.05) is 5.32 Å². The van der Waals surface area contributed by atoms with Gasteiger partial charge in [-0.25, -0.2) is 0 Å². The van der Waals surface area contributed by atoms with Gasteiger partial charge in [0.1, 0.15) is 0 Å². The van der Waals surface area contributed by atoms with Crippen LogP contribution in [0.2, 0.25) is 0 Å². The molecule has 0 aromatic carbocycles. The van der Waals surface area contributed by atoms with Crippen molar-refractivity contribution in [2.24, 2.45) is 12.5 Å². The highest BCUT2D eigenvalue weighted by atomic mass is 16.4. The first-order chi connectivity index (χ1) is 8.42. The van der Waals surface area contributed by atoms with Gasteiger partial charge in [0, 0.05) is 31.8 Å². The molecule has 0 saturated heterocycles. The van der Waals surface area contributed by atoms with Gasteiger partial charge in [-0.2, -0.15) is 5.10 Å². The van der Waals surface area contributed by atoms with Gasteiger partial charge in [-0.05, 0) is 5.41 Å². The van der Waals surface area contributed by atoms with Gasteiger partial charge in [0.05, 0.1) is 6.20 Å². The quantitative estimate of drug-likeness (QED) is 0.897. The number of rotatable bonds is 4. The van der Waals surface area contributed by atoms with Crippen molar-refractivity contribution in [2.45, 2.75) is 33.7 Å². The molecule has 1 N–H and O–H groups in total. The molecule has 18 heavy (non-hydrogen) atoms. The third-order valence-electron chi connectivity index (χ3n) is 2.35. The lowest BCUT2D eigenvalue weighted by Crippen LogP contribution is -2.09. The van der Waals surface area contributed by atoms with Crippen molar-refractivity contribution in [3.05, 3.63) is 23.8 Å². The fourth-order valence-corrected chi connectivity index (χ4v) is 1.59. The minimum atomic E-state index is 0.146. The Kier molecular flexibility index (Phi) is 3.36. The Bertz CT molecular complexity index is 509. The largest absolute Gasteiger partial charge is 0.408 e. The van der Waals surface area contributed by atoms with Crippen LogP contribution in [0.15, 0.2) is 16.8 Å². The molecule has 0 radical (unpaired) electrons. The molecule has 0 amide bonds. The van der Waals surface area contributed by atoms with E-state index in [1.165, 1.54) is 0 Å². The van der Waals surface area contributed by atoms with Gasteiger partial charge < -0.3 is 9.73 Å². The predicted octanol–water partition coefficient (Wildman–Crippen LogP) is 2.00. The van der Waals surface area contributed by atoms with Gasteiger partial charge >= 0.3 is 6.01 Å². The Hall–Kier alpha value is -1.85. The van der Waals surface area contributed by atoms with Crippen molar-refractivity contribution in [3.8, 4) is 0 Å². The third kappa shape index (κ3) is 3.58. The van der Waals surface area contributed by atoms with Crippen LogP contribution in [0, 0.1) is 5.41 Å². The zero-order valence-corrected chi connectivity index (χ0v) is 11.3. The first-order valence-corrected chi connectivity index (χ1v) is 5.96. The lowest BCUT2D eigenvalue weighted by molar-refractivity contribution is 0.357. The second-order valence-corrected chi connectivity index (χ2v) is 5.61. The van der Waals surface area contributed by atoms with E-state index < -0.39 is 0 Å². The highest BCUT2D eigenvalue weighted by Crippen LogP contribution is 2.20. The van der Waals surface area contributed by atoms with E-state index in [1.54, 1.807) is 10.9 Å². The minimum absolute atomic E-state index is 0.146. The summed E-state index contributed by atoms with van der Waals surface area (Å²) in [6.07, 6.45) is 4.52. The van der Waals surface area contributed by atoms with Crippen molar-refractivity contribution >= 4 is 6.01 Å². The van der Waals surface area contributed by atoms with Crippen LogP contribution in [0.3, 0.4) is 0 Å². The maximum atomic E-state index is 5.53. The number of anilines is 1. The standard InChI is InChI=1S/C12H19N5O/c1-12(2,3)5-10-15-16-11(18-10)13-6-9-7-14-17(4)8-9/h7-8H,5-6H2,1-4H3,(H,13,16). The summed E-state index contributed by atoms with van der Waals surface area (Å²) in [5, 5.41) is 15.2. The Labute approximate surface area is 106 Å². The average molecular weight is 249 g/mol. The third-order valence-corrected chi connectivity index (χ3v) is 2.35. The number of aryl methyl sites for hydroxylation is 1. The van der Waals surface area contributed by atoms with E-state index in [0.29, 0.717) is 18.5 Å². The molecule has 98 valence electrons. The number of nitrogens with zero attached hydrogens (tertiary/aromatic N) is 4. The molecule has 0 unspecified atom stereocenters. The molecule has 0 aliphatic heterocycles. The van der Waals surface area contributed by atoms with E-state index in [1.807, 2.05) is 13.2 Å². The molecule has 6 heteroatoms. The lowest BCUT2D eigenvalue weighted by atomic mass is 9.92. The second kappa shape index (κ2) is 4.80. The van der Waals surface area contributed by atoms with Gasteiger partial charge in [0.2, 0.25) is 5.89 Å². The van der Waals surface area contributed by atoms with Gasteiger partial charge in [0.15, 0.2) is 0 Å². The fraction of sp³-hybridized carbons (Fsp3) is 0.583. The zero-order chi connectivity index (χ0) is 13.2. The number of nitrogens with one attached hydrogen (secondary N) is 1. The summed E-state index contributed by atoms with van der Waals surface area (Å²) in [5.41, 5.74) is 1.22. The van der Waals surface area contributed by atoms with Gasteiger partial charge in [-0.1, -0.05) is 25.9 Å².